The minimum Gasteiger partial charge on any atom is -0.336 e. The number of benzene rings is 1. The van der Waals surface area contributed by atoms with Crippen LogP contribution in [0.3, 0.4) is 0 Å². The number of halogens is 1. The van der Waals surface area contributed by atoms with Crippen LogP contribution in [-0.4, -0.2) is 46.3 Å². The minimum absolute atomic E-state index is 0.0473. The smallest absolute Gasteiger partial charge is 0.257 e. The number of aromatic nitrogens is 2. The van der Waals surface area contributed by atoms with Gasteiger partial charge in [-0.25, -0.2) is 4.68 Å². The molecule has 5 nitrogen and oxygen atoms in total. The number of amides is 1. The van der Waals surface area contributed by atoms with E-state index in [4.69, 9.17) is 11.6 Å². The van der Waals surface area contributed by atoms with E-state index in [1.165, 1.54) is 0 Å². The first-order valence-corrected chi connectivity index (χ1v) is 7.77. The summed E-state index contributed by atoms with van der Waals surface area (Å²) in [6.07, 6.45) is 1.80. The second-order valence-corrected chi connectivity index (χ2v) is 6.09. The maximum absolute atomic E-state index is 12.7. The van der Waals surface area contributed by atoms with E-state index in [1.807, 2.05) is 36.1 Å². The van der Waals surface area contributed by atoms with Gasteiger partial charge in [-0.3, -0.25) is 4.79 Å². The number of rotatable bonds is 2. The Morgan fingerprint density at radius 1 is 1.36 bits per heavy atom. The third-order valence-corrected chi connectivity index (χ3v) is 4.13. The number of hydrogen-bond donors (Lipinski definition) is 1. The molecule has 2 aromatic rings. The lowest BCUT2D eigenvalue weighted by Gasteiger charge is -2.31. The van der Waals surface area contributed by atoms with Crippen LogP contribution in [0.2, 0.25) is 5.02 Å². The fraction of sp³-hybridized carbons (Fsp3) is 0.375. The minimum atomic E-state index is 0.0473. The van der Waals surface area contributed by atoms with Gasteiger partial charge in [0, 0.05) is 36.9 Å². The first-order chi connectivity index (χ1) is 10.5. The Labute approximate surface area is 134 Å². The number of piperazine rings is 1. The van der Waals surface area contributed by atoms with Gasteiger partial charge in [-0.05, 0) is 38.1 Å². The van der Waals surface area contributed by atoms with Gasteiger partial charge in [-0.15, -0.1) is 0 Å². The van der Waals surface area contributed by atoms with E-state index in [0.29, 0.717) is 16.6 Å². The van der Waals surface area contributed by atoms with E-state index in [2.05, 4.69) is 17.3 Å². The van der Waals surface area contributed by atoms with Gasteiger partial charge < -0.3 is 10.2 Å². The van der Waals surface area contributed by atoms with Crippen molar-refractivity contribution in [3.05, 3.63) is 46.7 Å². The summed E-state index contributed by atoms with van der Waals surface area (Å²) in [7, 11) is 0. The summed E-state index contributed by atoms with van der Waals surface area (Å²) >= 11 is 5.90. The van der Waals surface area contributed by atoms with Crippen molar-refractivity contribution < 1.29 is 4.79 Å². The molecular formula is C16H19ClN4O. The molecule has 1 N–H and O–H groups in total. The van der Waals surface area contributed by atoms with Crippen LogP contribution in [-0.2, 0) is 0 Å². The van der Waals surface area contributed by atoms with Crippen LogP contribution in [0, 0.1) is 6.92 Å². The molecule has 3 rings (SSSR count). The molecule has 1 aliphatic heterocycles. The SMILES string of the molecule is Cc1nn(-c2ccc(Cl)cc2)cc1C(=O)N1CCNC(C)C1. The second-order valence-electron chi connectivity index (χ2n) is 5.66. The predicted molar refractivity (Wildman–Crippen MR) is 86.7 cm³/mol. The number of hydrogen-bond acceptors (Lipinski definition) is 3. The molecule has 6 heteroatoms. The van der Waals surface area contributed by atoms with Crippen molar-refractivity contribution in [1.82, 2.24) is 20.0 Å². The molecule has 22 heavy (non-hydrogen) atoms. The van der Waals surface area contributed by atoms with Crippen molar-refractivity contribution in [2.24, 2.45) is 0 Å². The molecule has 0 radical (unpaired) electrons. The molecule has 1 saturated heterocycles. The summed E-state index contributed by atoms with van der Waals surface area (Å²) in [6, 6.07) is 7.72. The molecule has 0 bridgehead atoms. The average molecular weight is 319 g/mol. The number of carbonyl (C=O) groups excluding carboxylic acids is 1. The van der Waals surface area contributed by atoms with Gasteiger partial charge in [0.2, 0.25) is 0 Å². The van der Waals surface area contributed by atoms with Gasteiger partial charge in [-0.2, -0.15) is 5.10 Å². The molecule has 1 aromatic carbocycles. The summed E-state index contributed by atoms with van der Waals surface area (Å²) < 4.78 is 1.73. The van der Waals surface area contributed by atoms with E-state index in [1.54, 1.807) is 10.9 Å². The Balaban J connectivity index is 1.85. The molecule has 0 spiro atoms. The average Bonchev–Trinajstić information content (AvgIpc) is 2.89. The Morgan fingerprint density at radius 2 is 2.09 bits per heavy atom. The zero-order valence-electron chi connectivity index (χ0n) is 12.7. The highest BCUT2D eigenvalue weighted by molar-refractivity contribution is 6.30. The van der Waals surface area contributed by atoms with Crippen molar-refractivity contribution in [2.75, 3.05) is 19.6 Å². The van der Waals surface area contributed by atoms with Crippen LogP contribution < -0.4 is 5.32 Å². The van der Waals surface area contributed by atoms with Crippen molar-refractivity contribution in [3.63, 3.8) is 0 Å². The highest BCUT2D eigenvalue weighted by atomic mass is 35.5. The molecule has 1 aliphatic rings. The summed E-state index contributed by atoms with van der Waals surface area (Å²) in [5.41, 5.74) is 2.29. The van der Waals surface area contributed by atoms with E-state index in [-0.39, 0.29) is 5.91 Å². The zero-order chi connectivity index (χ0) is 15.7. The number of carbonyl (C=O) groups is 1. The predicted octanol–water partition coefficient (Wildman–Crippen LogP) is 2.27. The van der Waals surface area contributed by atoms with Crippen molar-refractivity contribution >= 4 is 17.5 Å². The van der Waals surface area contributed by atoms with Crippen LogP contribution in [0.4, 0.5) is 0 Å². The summed E-state index contributed by atoms with van der Waals surface area (Å²) in [4.78, 5) is 14.6. The van der Waals surface area contributed by atoms with Gasteiger partial charge in [0.05, 0.1) is 16.9 Å². The molecule has 1 fully saturated rings. The topological polar surface area (TPSA) is 50.2 Å². The van der Waals surface area contributed by atoms with E-state index < -0.39 is 0 Å². The van der Waals surface area contributed by atoms with E-state index in [0.717, 1.165) is 31.0 Å². The lowest BCUT2D eigenvalue weighted by molar-refractivity contribution is 0.0708. The lowest BCUT2D eigenvalue weighted by atomic mass is 10.2. The van der Waals surface area contributed by atoms with E-state index in [9.17, 15) is 4.79 Å². The molecule has 1 aromatic heterocycles. The van der Waals surface area contributed by atoms with Crippen molar-refractivity contribution in [2.45, 2.75) is 19.9 Å². The van der Waals surface area contributed by atoms with Gasteiger partial charge in [-0.1, -0.05) is 11.6 Å². The highest BCUT2D eigenvalue weighted by Crippen LogP contribution is 2.17. The molecule has 1 amide bonds. The molecule has 0 aliphatic carbocycles. The lowest BCUT2D eigenvalue weighted by Crippen LogP contribution is -2.51. The summed E-state index contributed by atoms with van der Waals surface area (Å²) in [5, 5.41) is 8.48. The number of nitrogens with one attached hydrogen (secondary N) is 1. The van der Waals surface area contributed by atoms with Crippen LogP contribution in [0.15, 0.2) is 30.5 Å². The largest absolute Gasteiger partial charge is 0.336 e. The molecule has 0 saturated carbocycles. The Hall–Kier alpha value is -1.85. The monoisotopic (exact) mass is 318 g/mol. The number of aryl methyl sites for hydroxylation is 1. The fourth-order valence-electron chi connectivity index (χ4n) is 2.68. The van der Waals surface area contributed by atoms with Crippen LogP contribution in [0.1, 0.15) is 23.0 Å². The molecule has 2 heterocycles. The zero-order valence-corrected chi connectivity index (χ0v) is 13.5. The molecular weight excluding hydrogens is 300 g/mol. The molecule has 1 atom stereocenters. The van der Waals surface area contributed by atoms with Gasteiger partial charge >= 0.3 is 0 Å². The molecule has 1 unspecified atom stereocenters. The quantitative estimate of drug-likeness (QED) is 0.924. The Bertz CT molecular complexity index is 680. The first-order valence-electron chi connectivity index (χ1n) is 7.39. The first kappa shape index (κ1) is 15.1. The van der Waals surface area contributed by atoms with Crippen molar-refractivity contribution in [1.29, 1.82) is 0 Å². The van der Waals surface area contributed by atoms with Crippen LogP contribution in [0.25, 0.3) is 5.69 Å². The number of nitrogens with zero attached hydrogens (tertiary/aromatic N) is 3. The van der Waals surface area contributed by atoms with Crippen molar-refractivity contribution in [3.8, 4) is 5.69 Å². The van der Waals surface area contributed by atoms with Crippen LogP contribution >= 0.6 is 11.6 Å². The summed E-state index contributed by atoms with van der Waals surface area (Å²) in [6.45, 7) is 6.24. The molecule has 116 valence electrons. The fourth-order valence-corrected chi connectivity index (χ4v) is 2.81. The van der Waals surface area contributed by atoms with Gasteiger partial charge in [0.1, 0.15) is 0 Å². The maximum atomic E-state index is 12.7. The Kier molecular flexibility index (Phi) is 4.18. The standard InChI is InChI=1S/C16H19ClN4O/c1-11-9-20(8-7-18-11)16(22)15-10-21(19-12(15)2)14-5-3-13(17)4-6-14/h3-6,10-11,18H,7-9H2,1-2H3. The normalized spacial score (nSPS) is 18.5. The van der Waals surface area contributed by atoms with Gasteiger partial charge in [0.15, 0.2) is 0 Å². The van der Waals surface area contributed by atoms with E-state index >= 15 is 0 Å². The third-order valence-electron chi connectivity index (χ3n) is 3.88. The summed E-state index contributed by atoms with van der Waals surface area (Å²) in [5.74, 6) is 0.0473. The van der Waals surface area contributed by atoms with Gasteiger partial charge in [0.25, 0.3) is 5.91 Å². The third kappa shape index (κ3) is 3.00. The van der Waals surface area contributed by atoms with Crippen LogP contribution in [0.5, 0.6) is 0 Å². The second kappa shape index (κ2) is 6.10. The highest BCUT2D eigenvalue weighted by Gasteiger charge is 2.24. The maximum Gasteiger partial charge on any atom is 0.257 e. The Morgan fingerprint density at radius 3 is 2.77 bits per heavy atom.